The fourth-order valence-corrected chi connectivity index (χ4v) is 3.50. The number of alkyl halides is 1. The van der Waals surface area contributed by atoms with E-state index in [0.29, 0.717) is 10.8 Å². The zero-order valence-electron chi connectivity index (χ0n) is 11.1. The maximum absolute atomic E-state index is 6.19. The van der Waals surface area contributed by atoms with Gasteiger partial charge in [0.05, 0.1) is 0 Å². The van der Waals surface area contributed by atoms with E-state index < -0.39 is 0 Å². The maximum atomic E-state index is 6.19. The molecule has 0 aromatic heterocycles. The molecular formula is C14H27Cl. The average Bonchev–Trinajstić information content (AvgIpc) is 2.16. The van der Waals surface area contributed by atoms with E-state index in [1.807, 2.05) is 0 Å². The third-order valence-electron chi connectivity index (χ3n) is 4.70. The van der Waals surface area contributed by atoms with Crippen molar-refractivity contribution in [3.63, 3.8) is 0 Å². The molecule has 1 heteroatoms. The van der Waals surface area contributed by atoms with Gasteiger partial charge in [0.15, 0.2) is 0 Å². The van der Waals surface area contributed by atoms with Crippen LogP contribution < -0.4 is 0 Å². The molecule has 0 radical (unpaired) electrons. The predicted molar refractivity (Wildman–Crippen MR) is 69.4 cm³/mol. The topological polar surface area (TPSA) is 0 Å². The van der Waals surface area contributed by atoms with E-state index >= 15 is 0 Å². The predicted octanol–water partition coefficient (Wildman–Crippen LogP) is 5.10. The molecule has 0 aromatic carbocycles. The summed E-state index contributed by atoms with van der Waals surface area (Å²) in [6, 6.07) is 0. The van der Waals surface area contributed by atoms with Gasteiger partial charge >= 0.3 is 0 Å². The van der Waals surface area contributed by atoms with Crippen LogP contribution in [0.3, 0.4) is 0 Å². The molecule has 0 aromatic rings. The average molecular weight is 231 g/mol. The number of halogens is 1. The van der Waals surface area contributed by atoms with Crippen molar-refractivity contribution in [3.8, 4) is 0 Å². The summed E-state index contributed by atoms with van der Waals surface area (Å²) in [5.41, 5.74) is 0.915. The highest BCUT2D eigenvalue weighted by molar-refractivity contribution is 6.18. The fourth-order valence-electron chi connectivity index (χ4n) is 2.92. The molecule has 0 aliphatic heterocycles. The van der Waals surface area contributed by atoms with Gasteiger partial charge in [0.25, 0.3) is 0 Å². The largest absolute Gasteiger partial charge is 0.126 e. The molecule has 0 amide bonds. The molecular weight excluding hydrogens is 204 g/mol. The van der Waals surface area contributed by atoms with E-state index in [1.165, 1.54) is 25.7 Å². The molecule has 0 heterocycles. The first-order valence-electron chi connectivity index (χ1n) is 6.38. The Morgan fingerprint density at radius 1 is 1.20 bits per heavy atom. The third-order valence-corrected chi connectivity index (χ3v) is 5.23. The van der Waals surface area contributed by atoms with Crippen LogP contribution in [0.2, 0.25) is 0 Å². The molecule has 0 spiro atoms. The van der Waals surface area contributed by atoms with Gasteiger partial charge in [-0.15, -0.1) is 11.6 Å². The Labute approximate surface area is 101 Å². The van der Waals surface area contributed by atoms with Crippen molar-refractivity contribution in [1.82, 2.24) is 0 Å². The normalized spacial score (nSPS) is 33.4. The van der Waals surface area contributed by atoms with Gasteiger partial charge in [-0.05, 0) is 48.3 Å². The first-order valence-corrected chi connectivity index (χ1v) is 6.91. The molecule has 1 rings (SSSR count). The molecule has 0 saturated heterocycles. The Morgan fingerprint density at radius 3 is 1.93 bits per heavy atom. The monoisotopic (exact) mass is 230 g/mol. The van der Waals surface area contributed by atoms with Gasteiger partial charge in [-0.3, -0.25) is 0 Å². The molecule has 0 nitrogen and oxygen atoms in total. The molecule has 0 bridgehead atoms. The Bertz CT molecular complexity index is 192. The first-order chi connectivity index (χ1) is 6.82. The van der Waals surface area contributed by atoms with Crippen molar-refractivity contribution in [1.29, 1.82) is 0 Å². The van der Waals surface area contributed by atoms with Gasteiger partial charge < -0.3 is 0 Å². The van der Waals surface area contributed by atoms with Crippen LogP contribution in [0.1, 0.15) is 60.3 Å². The first kappa shape index (κ1) is 13.4. The number of rotatable bonds is 2. The third kappa shape index (κ3) is 2.90. The Balaban J connectivity index is 2.61. The summed E-state index contributed by atoms with van der Waals surface area (Å²) in [5, 5.41) is 0. The van der Waals surface area contributed by atoms with Crippen LogP contribution in [0.25, 0.3) is 0 Å². The van der Waals surface area contributed by atoms with Crippen molar-refractivity contribution in [2.45, 2.75) is 60.3 Å². The maximum Gasteiger partial charge on any atom is 0.0282 e. The van der Waals surface area contributed by atoms with Crippen LogP contribution in [0.15, 0.2) is 0 Å². The van der Waals surface area contributed by atoms with Gasteiger partial charge in [-0.1, -0.05) is 34.6 Å². The van der Waals surface area contributed by atoms with Crippen LogP contribution in [0.4, 0.5) is 0 Å². The second-order valence-corrected chi connectivity index (χ2v) is 7.06. The minimum atomic E-state index is 0.434. The highest BCUT2D eigenvalue weighted by Gasteiger charge is 2.39. The van der Waals surface area contributed by atoms with Gasteiger partial charge in [0.2, 0.25) is 0 Å². The van der Waals surface area contributed by atoms with Crippen LogP contribution in [-0.2, 0) is 0 Å². The molecule has 0 unspecified atom stereocenters. The Morgan fingerprint density at radius 2 is 1.67 bits per heavy atom. The molecule has 1 saturated carbocycles. The second kappa shape index (κ2) is 4.65. The lowest BCUT2D eigenvalue weighted by atomic mass is 9.61. The van der Waals surface area contributed by atoms with Gasteiger partial charge in [0.1, 0.15) is 0 Å². The lowest BCUT2D eigenvalue weighted by Gasteiger charge is -2.45. The van der Waals surface area contributed by atoms with Crippen molar-refractivity contribution in [3.05, 3.63) is 0 Å². The summed E-state index contributed by atoms with van der Waals surface area (Å²) < 4.78 is 0. The summed E-state index contributed by atoms with van der Waals surface area (Å²) in [7, 11) is 0. The van der Waals surface area contributed by atoms with Crippen LogP contribution in [0, 0.1) is 22.7 Å². The quantitative estimate of drug-likeness (QED) is 0.579. The van der Waals surface area contributed by atoms with Gasteiger partial charge in [-0.2, -0.15) is 0 Å². The zero-order chi connectivity index (χ0) is 11.7. The minimum absolute atomic E-state index is 0.434. The van der Waals surface area contributed by atoms with E-state index in [9.17, 15) is 0 Å². The van der Waals surface area contributed by atoms with Crippen LogP contribution in [0.5, 0.6) is 0 Å². The van der Waals surface area contributed by atoms with Gasteiger partial charge in [-0.25, -0.2) is 0 Å². The summed E-state index contributed by atoms with van der Waals surface area (Å²) in [4.78, 5) is 0. The Hall–Kier alpha value is 0.290. The highest BCUT2D eigenvalue weighted by atomic mass is 35.5. The molecule has 90 valence electrons. The lowest BCUT2D eigenvalue weighted by molar-refractivity contribution is 0.0691. The number of hydrogen-bond donors (Lipinski definition) is 0. The highest BCUT2D eigenvalue weighted by Crippen LogP contribution is 2.49. The smallest absolute Gasteiger partial charge is 0.0282 e. The lowest BCUT2D eigenvalue weighted by Crippen LogP contribution is -2.37. The van der Waals surface area contributed by atoms with E-state index in [0.717, 1.165) is 17.7 Å². The molecule has 0 N–H and O–H groups in total. The SMILES string of the molecule is CC(C)C1(CCl)CCC(C(C)(C)C)CC1. The Kier molecular flexibility index (Phi) is 4.14. The standard InChI is InChI=1S/C14H27Cl/c1-11(2)14(10-15)8-6-12(7-9-14)13(3,4)5/h11-12H,6-10H2,1-5H3. The van der Waals surface area contributed by atoms with Crippen molar-refractivity contribution in [2.75, 3.05) is 5.88 Å². The summed E-state index contributed by atoms with van der Waals surface area (Å²) >= 11 is 6.19. The van der Waals surface area contributed by atoms with E-state index in [2.05, 4.69) is 34.6 Å². The van der Waals surface area contributed by atoms with Crippen LogP contribution >= 0.6 is 11.6 Å². The molecule has 1 aliphatic rings. The summed E-state index contributed by atoms with van der Waals surface area (Å²) in [6.07, 6.45) is 5.40. The second-order valence-electron chi connectivity index (χ2n) is 6.79. The van der Waals surface area contributed by atoms with Crippen LogP contribution in [-0.4, -0.2) is 5.88 Å². The van der Waals surface area contributed by atoms with Crippen molar-refractivity contribution < 1.29 is 0 Å². The van der Waals surface area contributed by atoms with Crippen molar-refractivity contribution in [2.24, 2.45) is 22.7 Å². The van der Waals surface area contributed by atoms with E-state index in [4.69, 9.17) is 11.6 Å². The minimum Gasteiger partial charge on any atom is -0.126 e. The fraction of sp³-hybridized carbons (Fsp3) is 1.00. The molecule has 0 atom stereocenters. The van der Waals surface area contributed by atoms with E-state index in [1.54, 1.807) is 0 Å². The van der Waals surface area contributed by atoms with Gasteiger partial charge in [0, 0.05) is 5.88 Å². The summed E-state index contributed by atoms with van der Waals surface area (Å²) in [6.45, 7) is 11.8. The summed E-state index contributed by atoms with van der Waals surface area (Å²) in [5.74, 6) is 2.48. The van der Waals surface area contributed by atoms with E-state index in [-0.39, 0.29) is 0 Å². The molecule has 1 fully saturated rings. The zero-order valence-corrected chi connectivity index (χ0v) is 11.8. The number of hydrogen-bond acceptors (Lipinski definition) is 0. The molecule has 15 heavy (non-hydrogen) atoms. The molecule has 1 aliphatic carbocycles. The van der Waals surface area contributed by atoms with Crippen molar-refractivity contribution >= 4 is 11.6 Å².